The highest BCUT2D eigenvalue weighted by molar-refractivity contribution is 7.86. The molecule has 2 unspecified atom stereocenters. The molecule has 0 amide bonds. The number of phenols is 1. The number of benzene rings is 1. The molecule has 0 saturated carbocycles. The van der Waals surface area contributed by atoms with Crippen molar-refractivity contribution in [3.05, 3.63) is 23.8 Å². The van der Waals surface area contributed by atoms with Gasteiger partial charge in [-0.15, -0.1) is 0 Å². The van der Waals surface area contributed by atoms with E-state index in [0.29, 0.717) is 17.8 Å². The van der Waals surface area contributed by atoms with E-state index in [-0.39, 0.29) is 0 Å². The van der Waals surface area contributed by atoms with Crippen molar-refractivity contribution in [2.24, 2.45) is 0 Å². The van der Waals surface area contributed by atoms with Gasteiger partial charge in [0.15, 0.2) is 0 Å². The number of phenolic OH excluding ortho intramolecular Hbond substituents is 1. The molecule has 0 radical (unpaired) electrons. The van der Waals surface area contributed by atoms with E-state index < -0.39 is 20.8 Å². The van der Waals surface area contributed by atoms with Gasteiger partial charge in [0, 0.05) is 13.1 Å². The largest absolute Gasteiger partial charge is 0.506 e. The minimum absolute atomic E-state index is 0.402. The molecule has 1 aromatic carbocycles. The van der Waals surface area contributed by atoms with Crippen LogP contribution in [0.3, 0.4) is 0 Å². The summed E-state index contributed by atoms with van der Waals surface area (Å²) in [6.45, 7) is 7.73. The maximum atomic E-state index is 10.6. The molecule has 1 aliphatic heterocycles. The van der Waals surface area contributed by atoms with Crippen LogP contribution in [0.5, 0.6) is 5.75 Å². The van der Waals surface area contributed by atoms with Crippen molar-refractivity contribution in [3.63, 3.8) is 0 Å². The molecule has 3 N–H and O–H groups in total. The minimum Gasteiger partial charge on any atom is -0.506 e. The van der Waals surface area contributed by atoms with Gasteiger partial charge in [-0.1, -0.05) is 12.1 Å². The summed E-state index contributed by atoms with van der Waals surface area (Å²) >= 11 is 0. The Balaban J connectivity index is 0.000000217. The summed E-state index contributed by atoms with van der Waals surface area (Å²) in [4.78, 5) is -0.456. The summed E-state index contributed by atoms with van der Waals surface area (Å²) in [5.41, 5.74) is 0.408. The van der Waals surface area contributed by atoms with Crippen LogP contribution in [0.2, 0.25) is 0 Å². The van der Waals surface area contributed by atoms with Crippen LogP contribution in [0.4, 0.5) is 0 Å². The van der Waals surface area contributed by atoms with Gasteiger partial charge in [-0.2, -0.15) is 8.42 Å². The number of para-hydroxylation sites is 1. The zero-order valence-corrected chi connectivity index (χ0v) is 12.6. The van der Waals surface area contributed by atoms with Gasteiger partial charge in [0.25, 0.3) is 10.1 Å². The van der Waals surface area contributed by atoms with Gasteiger partial charge in [-0.05, 0) is 32.4 Å². The average Bonchev–Trinajstić information content (AvgIpc) is 2.31. The van der Waals surface area contributed by atoms with Crippen LogP contribution in [0.15, 0.2) is 23.1 Å². The fourth-order valence-corrected chi connectivity index (χ4v) is 2.48. The van der Waals surface area contributed by atoms with Gasteiger partial charge in [-0.25, -0.2) is 0 Å². The Morgan fingerprint density at radius 3 is 2.15 bits per heavy atom. The van der Waals surface area contributed by atoms with Crippen LogP contribution in [-0.4, -0.2) is 43.4 Å². The van der Waals surface area contributed by atoms with Gasteiger partial charge in [0.2, 0.25) is 0 Å². The number of morpholine rings is 1. The van der Waals surface area contributed by atoms with Crippen LogP contribution in [0, 0.1) is 6.92 Å². The van der Waals surface area contributed by atoms with Crippen molar-refractivity contribution < 1.29 is 22.8 Å². The zero-order chi connectivity index (χ0) is 15.3. The Bertz CT molecular complexity index is 536. The Hall–Kier alpha value is -1.15. The third kappa shape index (κ3) is 5.09. The van der Waals surface area contributed by atoms with Crippen LogP contribution >= 0.6 is 0 Å². The third-order valence-corrected chi connectivity index (χ3v) is 3.69. The van der Waals surface area contributed by atoms with E-state index in [4.69, 9.17) is 9.29 Å². The van der Waals surface area contributed by atoms with E-state index in [1.807, 2.05) is 0 Å². The van der Waals surface area contributed by atoms with Crippen LogP contribution in [-0.2, 0) is 14.9 Å². The van der Waals surface area contributed by atoms with E-state index in [0.717, 1.165) is 19.2 Å². The second-order valence-corrected chi connectivity index (χ2v) is 6.20. The first-order valence-corrected chi connectivity index (χ1v) is 7.78. The van der Waals surface area contributed by atoms with E-state index in [1.165, 1.54) is 6.07 Å². The number of aromatic hydroxyl groups is 1. The second-order valence-electron chi connectivity index (χ2n) is 4.81. The summed E-state index contributed by atoms with van der Waals surface area (Å²) in [5.74, 6) is -0.403. The molecular formula is C13H21NO5S. The maximum Gasteiger partial charge on any atom is 0.298 e. The summed E-state index contributed by atoms with van der Waals surface area (Å²) in [5, 5.41) is 12.5. The van der Waals surface area contributed by atoms with Gasteiger partial charge >= 0.3 is 0 Å². The number of ether oxygens (including phenoxy) is 1. The van der Waals surface area contributed by atoms with E-state index >= 15 is 0 Å². The predicted octanol–water partition coefficient (Wildman–Crippen LogP) is 1.33. The lowest BCUT2D eigenvalue weighted by Gasteiger charge is -2.25. The average molecular weight is 303 g/mol. The summed E-state index contributed by atoms with van der Waals surface area (Å²) in [7, 11) is -4.31. The number of hydrogen-bond acceptors (Lipinski definition) is 5. The van der Waals surface area contributed by atoms with E-state index in [2.05, 4.69) is 19.2 Å². The van der Waals surface area contributed by atoms with Crippen molar-refractivity contribution >= 4 is 10.1 Å². The monoisotopic (exact) mass is 303 g/mol. The zero-order valence-electron chi connectivity index (χ0n) is 11.8. The second kappa shape index (κ2) is 7.03. The number of hydrogen-bond donors (Lipinski definition) is 3. The maximum absolute atomic E-state index is 10.6. The SMILES string of the molecule is CC1CNCC(C)O1.Cc1cccc(S(=O)(=O)O)c1O. The number of nitrogens with one attached hydrogen (secondary N) is 1. The fourth-order valence-electron chi connectivity index (χ4n) is 1.82. The fraction of sp³-hybridized carbons (Fsp3) is 0.538. The van der Waals surface area contributed by atoms with Gasteiger partial charge < -0.3 is 15.2 Å². The molecule has 0 aliphatic carbocycles. The number of aryl methyl sites for hydroxylation is 1. The van der Waals surface area contributed by atoms with Gasteiger partial charge in [0.05, 0.1) is 12.2 Å². The van der Waals surface area contributed by atoms with E-state index in [1.54, 1.807) is 13.0 Å². The lowest BCUT2D eigenvalue weighted by Crippen LogP contribution is -2.41. The Morgan fingerprint density at radius 1 is 1.25 bits per heavy atom. The first-order chi connectivity index (χ1) is 9.21. The first kappa shape index (κ1) is 16.9. The van der Waals surface area contributed by atoms with Crippen molar-refractivity contribution in [3.8, 4) is 5.75 Å². The molecule has 0 spiro atoms. The molecule has 1 aliphatic rings. The van der Waals surface area contributed by atoms with Gasteiger partial charge in [0.1, 0.15) is 10.6 Å². The molecule has 2 rings (SSSR count). The molecular weight excluding hydrogens is 282 g/mol. The van der Waals surface area contributed by atoms with Crippen molar-refractivity contribution in [2.45, 2.75) is 37.9 Å². The lowest BCUT2D eigenvalue weighted by molar-refractivity contribution is -0.0166. The molecule has 1 aromatic rings. The van der Waals surface area contributed by atoms with Gasteiger partial charge in [-0.3, -0.25) is 4.55 Å². The summed E-state index contributed by atoms with van der Waals surface area (Å²) in [6, 6.07) is 4.12. The Morgan fingerprint density at radius 2 is 1.80 bits per heavy atom. The van der Waals surface area contributed by atoms with Crippen molar-refractivity contribution in [1.82, 2.24) is 5.32 Å². The molecule has 7 heteroatoms. The summed E-state index contributed by atoms with van der Waals surface area (Å²) in [6.07, 6.45) is 0.803. The molecule has 2 atom stereocenters. The molecule has 0 bridgehead atoms. The highest BCUT2D eigenvalue weighted by Gasteiger charge is 2.15. The van der Waals surface area contributed by atoms with Crippen LogP contribution in [0.25, 0.3) is 0 Å². The normalized spacial score (nSPS) is 22.8. The van der Waals surface area contributed by atoms with Crippen molar-refractivity contribution in [2.75, 3.05) is 13.1 Å². The highest BCUT2D eigenvalue weighted by atomic mass is 32.2. The molecule has 114 valence electrons. The molecule has 1 saturated heterocycles. The van der Waals surface area contributed by atoms with Crippen LogP contribution < -0.4 is 5.32 Å². The molecule has 1 fully saturated rings. The quantitative estimate of drug-likeness (QED) is 0.677. The smallest absolute Gasteiger partial charge is 0.298 e. The topological polar surface area (TPSA) is 95.9 Å². The Labute approximate surface area is 119 Å². The predicted molar refractivity (Wildman–Crippen MR) is 75.5 cm³/mol. The number of rotatable bonds is 1. The highest BCUT2D eigenvalue weighted by Crippen LogP contribution is 2.25. The van der Waals surface area contributed by atoms with E-state index in [9.17, 15) is 13.5 Å². The third-order valence-electron chi connectivity index (χ3n) is 2.81. The minimum atomic E-state index is -4.31. The first-order valence-electron chi connectivity index (χ1n) is 6.34. The molecule has 0 aromatic heterocycles. The lowest BCUT2D eigenvalue weighted by atomic mass is 10.2. The Kier molecular flexibility index (Phi) is 5.94. The standard InChI is InChI=1S/C7H8O4S.C6H13NO/c1-5-3-2-4-6(7(5)8)12(9,10)11;1-5-3-7-4-6(2)8-5/h2-4,8H,1H3,(H,9,10,11);5-7H,3-4H2,1-2H3. The molecule has 6 nitrogen and oxygen atoms in total. The molecule has 1 heterocycles. The van der Waals surface area contributed by atoms with Crippen molar-refractivity contribution in [1.29, 1.82) is 0 Å². The summed E-state index contributed by atoms with van der Waals surface area (Å²) < 4.78 is 35.2. The molecule has 20 heavy (non-hydrogen) atoms. The van der Waals surface area contributed by atoms with Crippen LogP contribution in [0.1, 0.15) is 19.4 Å².